The largest absolute Gasteiger partial charge is 0.311 e. The van der Waals surface area contributed by atoms with Crippen LogP contribution in [0.25, 0.3) is 0 Å². The van der Waals surface area contributed by atoms with Crippen molar-refractivity contribution in [1.82, 2.24) is 0 Å². The predicted molar refractivity (Wildman–Crippen MR) is 74.9 cm³/mol. The van der Waals surface area contributed by atoms with Crippen LogP contribution >= 0.6 is 11.3 Å². The molecule has 1 aromatic heterocycles. The summed E-state index contributed by atoms with van der Waals surface area (Å²) in [5, 5.41) is 6.62. The second-order valence-electron chi connectivity index (χ2n) is 3.86. The van der Waals surface area contributed by atoms with E-state index in [1.54, 1.807) is 31.3 Å². The molecule has 1 amide bonds. The van der Waals surface area contributed by atoms with Gasteiger partial charge >= 0.3 is 0 Å². The minimum atomic E-state index is -3.89. The first-order valence-electron chi connectivity index (χ1n) is 5.34. The zero-order valence-corrected chi connectivity index (χ0v) is 11.7. The first-order chi connectivity index (χ1) is 8.91. The number of primary sulfonamides is 1. The quantitative estimate of drug-likeness (QED) is 0.935. The summed E-state index contributed by atoms with van der Waals surface area (Å²) in [6.45, 7) is 0. The number of thiophene rings is 1. The lowest BCUT2D eigenvalue weighted by Crippen LogP contribution is -2.27. The van der Waals surface area contributed by atoms with Gasteiger partial charge in [0.25, 0.3) is 5.91 Å². The Morgan fingerprint density at radius 1 is 1.21 bits per heavy atom. The third-order valence-corrected chi connectivity index (χ3v) is 4.56. The zero-order valence-electron chi connectivity index (χ0n) is 10.1. The number of hydrogen-bond donors (Lipinski definition) is 1. The fourth-order valence-corrected chi connectivity index (χ4v) is 3.54. The van der Waals surface area contributed by atoms with Crippen LogP contribution in [-0.4, -0.2) is 21.4 Å². The van der Waals surface area contributed by atoms with Crippen molar-refractivity contribution in [2.24, 2.45) is 5.14 Å². The smallest absolute Gasteiger partial charge is 0.269 e. The minimum absolute atomic E-state index is 0.119. The Hall–Kier alpha value is -1.70. The first kappa shape index (κ1) is 13.7. The molecule has 2 aromatic rings. The molecular formula is C12H12N2O3S2. The molecule has 5 nitrogen and oxygen atoms in total. The Kier molecular flexibility index (Phi) is 3.70. The SMILES string of the molecule is CN(C(=O)c1sccc1S(N)(=O)=O)c1ccccc1. The van der Waals surface area contributed by atoms with Crippen molar-refractivity contribution in [1.29, 1.82) is 0 Å². The molecule has 0 fully saturated rings. The third kappa shape index (κ3) is 2.83. The van der Waals surface area contributed by atoms with E-state index in [-0.39, 0.29) is 9.77 Å². The molecule has 0 saturated carbocycles. The molecule has 1 aromatic carbocycles. The van der Waals surface area contributed by atoms with Gasteiger partial charge in [-0.15, -0.1) is 11.3 Å². The second kappa shape index (κ2) is 5.12. The van der Waals surface area contributed by atoms with Crippen LogP contribution in [-0.2, 0) is 10.0 Å². The topological polar surface area (TPSA) is 80.5 Å². The maximum absolute atomic E-state index is 12.3. The molecule has 0 bridgehead atoms. The Morgan fingerprint density at radius 3 is 2.42 bits per heavy atom. The fourth-order valence-electron chi connectivity index (χ4n) is 1.60. The lowest BCUT2D eigenvalue weighted by Gasteiger charge is -2.16. The van der Waals surface area contributed by atoms with Gasteiger partial charge in [-0.1, -0.05) is 18.2 Å². The predicted octanol–water partition coefficient (Wildman–Crippen LogP) is 1.67. The number of rotatable bonds is 3. The van der Waals surface area contributed by atoms with Crippen LogP contribution in [0.5, 0.6) is 0 Å². The molecule has 2 N–H and O–H groups in total. The van der Waals surface area contributed by atoms with Crippen LogP contribution in [0.2, 0.25) is 0 Å². The van der Waals surface area contributed by atoms with Gasteiger partial charge in [-0.05, 0) is 23.6 Å². The van der Waals surface area contributed by atoms with E-state index in [1.807, 2.05) is 6.07 Å². The van der Waals surface area contributed by atoms with E-state index in [2.05, 4.69) is 0 Å². The molecule has 0 aliphatic heterocycles. The molecule has 7 heteroatoms. The van der Waals surface area contributed by atoms with Crippen LogP contribution in [0.4, 0.5) is 5.69 Å². The normalized spacial score (nSPS) is 11.3. The number of nitrogens with two attached hydrogens (primary N) is 1. The average molecular weight is 296 g/mol. The van der Waals surface area contributed by atoms with E-state index >= 15 is 0 Å². The molecule has 0 saturated heterocycles. The average Bonchev–Trinajstić information content (AvgIpc) is 2.87. The van der Waals surface area contributed by atoms with Gasteiger partial charge in [0, 0.05) is 12.7 Å². The summed E-state index contributed by atoms with van der Waals surface area (Å²) < 4.78 is 22.8. The van der Waals surface area contributed by atoms with Gasteiger partial charge < -0.3 is 4.90 Å². The Morgan fingerprint density at radius 2 is 1.84 bits per heavy atom. The lowest BCUT2D eigenvalue weighted by atomic mass is 10.3. The van der Waals surface area contributed by atoms with Crippen molar-refractivity contribution in [3.8, 4) is 0 Å². The number of carbonyl (C=O) groups is 1. The van der Waals surface area contributed by atoms with E-state index in [1.165, 1.54) is 16.3 Å². The number of benzene rings is 1. The van der Waals surface area contributed by atoms with Gasteiger partial charge in [0.2, 0.25) is 10.0 Å². The van der Waals surface area contributed by atoms with Crippen LogP contribution in [0.3, 0.4) is 0 Å². The molecule has 0 aliphatic carbocycles. The molecule has 0 aliphatic rings. The molecule has 0 atom stereocenters. The molecule has 0 radical (unpaired) electrons. The van der Waals surface area contributed by atoms with Crippen molar-refractivity contribution < 1.29 is 13.2 Å². The monoisotopic (exact) mass is 296 g/mol. The van der Waals surface area contributed by atoms with Crippen molar-refractivity contribution in [2.75, 3.05) is 11.9 Å². The highest BCUT2D eigenvalue weighted by Gasteiger charge is 2.23. The van der Waals surface area contributed by atoms with Gasteiger partial charge in [-0.2, -0.15) is 0 Å². The summed E-state index contributed by atoms with van der Waals surface area (Å²) in [5.41, 5.74) is 0.682. The van der Waals surface area contributed by atoms with E-state index in [4.69, 9.17) is 5.14 Å². The Bertz CT molecular complexity index is 693. The maximum atomic E-state index is 12.3. The Balaban J connectivity index is 2.39. The van der Waals surface area contributed by atoms with Crippen molar-refractivity contribution in [2.45, 2.75) is 4.90 Å². The number of anilines is 1. The fraction of sp³-hybridized carbons (Fsp3) is 0.0833. The number of nitrogens with zero attached hydrogens (tertiary/aromatic N) is 1. The van der Waals surface area contributed by atoms with Crippen LogP contribution in [0.15, 0.2) is 46.7 Å². The molecule has 2 rings (SSSR count). The number of sulfonamides is 1. The molecule has 0 unspecified atom stereocenters. The highest BCUT2D eigenvalue weighted by Crippen LogP contribution is 2.24. The maximum Gasteiger partial charge on any atom is 0.269 e. The van der Waals surface area contributed by atoms with E-state index < -0.39 is 15.9 Å². The first-order valence-corrected chi connectivity index (χ1v) is 7.77. The van der Waals surface area contributed by atoms with E-state index in [0.717, 1.165) is 11.3 Å². The number of carbonyl (C=O) groups excluding carboxylic acids is 1. The van der Waals surface area contributed by atoms with E-state index in [9.17, 15) is 13.2 Å². The molecule has 100 valence electrons. The summed E-state index contributed by atoms with van der Waals surface area (Å²) >= 11 is 1.06. The van der Waals surface area contributed by atoms with Gasteiger partial charge in [0.15, 0.2) is 0 Å². The van der Waals surface area contributed by atoms with Gasteiger partial charge in [-0.25, -0.2) is 13.6 Å². The molecule has 1 heterocycles. The Labute approximate surface area is 115 Å². The van der Waals surface area contributed by atoms with Crippen molar-refractivity contribution in [3.63, 3.8) is 0 Å². The summed E-state index contributed by atoms with van der Waals surface area (Å²) in [7, 11) is -2.30. The summed E-state index contributed by atoms with van der Waals surface area (Å²) in [6.07, 6.45) is 0. The highest BCUT2D eigenvalue weighted by atomic mass is 32.2. The number of amides is 1. The van der Waals surface area contributed by atoms with Gasteiger partial charge in [0.05, 0.1) is 0 Å². The third-order valence-electron chi connectivity index (χ3n) is 2.58. The summed E-state index contributed by atoms with van der Waals surface area (Å²) in [6, 6.07) is 10.3. The highest BCUT2D eigenvalue weighted by molar-refractivity contribution is 7.89. The van der Waals surface area contributed by atoms with Crippen molar-refractivity contribution in [3.05, 3.63) is 46.7 Å². The van der Waals surface area contributed by atoms with E-state index in [0.29, 0.717) is 5.69 Å². The standard InChI is InChI=1S/C12H12N2O3S2/c1-14(9-5-3-2-4-6-9)12(15)11-10(7-8-18-11)19(13,16)17/h2-8H,1H3,(H2,13,16,17). The van der Waals surface area contributed by atoms with Crippen LogP contribution in [0.1, 0.15) is 9.67 Å². The second-order valence-corrected chi connectivity index (χ2v) is 6.30. The van der Waals surface area contributed by atoms with Crippen molar-refractivity contribution >= 4 is 33.0 Å². The molecule has 19 heavy (non-hydrogen) atoms. The summed E-state index contributed by atoms with van der Waals surface area (Å²) in [5.74, 6) is -0.398. The minimum Gasteiger partial charge on any atom is -0.311 e. The van der Waals surface area contributed by atoms with Gasteiger partial charge in [0.1, 0.15) is 9.77 Å². The molecule has 0 spiro atoms. The zero-order chi connectivity index (χ0) is 14.0. The number of para-hydroxylation sites is 1. The van der Waals surface area contributed by atoms with Gasteiger partial charge in [-0.3, -0.25) is 4.79 Å². The van der Waals surface area contributed by atoms with Crippen LogP contribution < -0.4 is 10.0 Å². The number of hydrogen-bond acceptors (Lipinski definition) is 4. The molecular weight excluding hydrogens is 284 g/mol. The van der Waals surface area contributed by atoms with Crippen LogP contribution in [0, 0.1) is 0 Å². The summed E-state index contributed by atoms with van der Waals surface area (Å²) in [4.78, 5) is 13.7. The lowest BCUT2D eigenvalue weighted by molar-refractivity contribution is 0.0994.